The maximum atomic E-state index is 12.9. The van der Waals surface area contributed by atoms with E-state index in [-0.39, 0.29) is 0 Å². The average molecular weight is 353 g/mol. The fraction of sp³-hybridized carbons (Fsp3) is 0.412. The second-order valence-electron chi connectivity index (χ2n) is 5.58. The summed E-state index contributed by atoms with van der Waals surface area (Å²) in [6, 6.07) is 6.97. The number of alkyl halides is 3. The lowest BCUT2D eigenvalue weighted by Crippen LogP contribution is -2.39. The van der Waals surface area contributed by atoms with Gasteiger partial charge in [-0.1, -0.05) is 12.1 Å². The van der Waals surface area contributed by atoms with Gasteiger partial charge in [0.15, 0.2) is 0 Å². The predicted octanol–water partition coefficient (Wildman–Crippen LogP) is 3.47. The van der Waals surface area contributed by atoms with Gasteiger partial charge in [0.2, 0.25) is 5.88 Å². The van der Waals surface area contributed by atoms with Crippen molar-refractivity contribution in [3.8, 4) is 5.88 Å². The number of aromatic nitrogens is 2. The van der Waals surface area contributed by atoms with Crippen LogP contribution in [0.3, 0.4) is 0 Å². The van der Waals surface area contributed by atoms with E-state index in [1.807, 2.05) is 11.8 Å². The van der Waals surface area contributed by atoms with Crippen molar-refractivity contribution in [3.05, 3.63) is 47.8 Å². The van der Waals surface area contributed by atoms with Gasteiger partial charge >= 0.3 is 6.18 Å². The van der Waals surface area contributed by atoms with Gasteiger partial charge in [0, 0.05) is 19.2 Å². The molecule has 3 rings (SSSR count). The van der Waals surface area contributed by atoms with Gasteiger partial charge in [-0.25, -0.2) is 9.97 Å². The minimum atomic E-state index is -4.37. The highest BCUT2D eigenvalue weighted by molar-refractivity contribution is 5.42. The third kappa shape index (κ3) is 4.19. The molecule has 2 heterocycles. The molecule has 2 aromatic rings. The normalized spacial score (nSPS) is 18.2. The van der Waals surface area contributed by atoms with Gasteiger partial charge in [-0.15, -0.1) is 0 Å². The first-order chi connectivity index (χ1) is 12.0. The van der Waals surface area contributed by atoms with Crippen LogP contribution in [0.1, 0.15) is 24.2 Å². The molecule has 0 radical (unpaired) electrons. The van der Waals surface area contributed by atoms with Crippen molar-refractivity contribution in [2.45, 2.75) is 19.2 Å². The van der Waals surface area contributed by atoms with E-state index in [2.05, 4.69) is 9.97 Å². The summed E-state index contributed by atoms with van der Waals surface area (Å²) in [5.41, 5.74) is -0.176. The lowest BCUT2D eigenvalue weighted by Gasteiger charge is -2.34. The zero-order valence-corrected chi connectivity index (χ0v) is 13.7. The largest absolute Gasteiger partial charge is 0.478 e. The van der Waals surface area contributed by atoms with Crippen molar-refractivity contribution in [2.24, 2.45) is 0 Å². The van der Waals surface area contributed by atoms with Crippen LogP contribution in [0.2, 0.25) is 0 Å². The predicted molar refractivity (Wildman–Crippen MR) is 85.6 cm³/mol. The molecule has 134 valence electrons. The van der Waals surface area contributed by atoms with E-state index in [0.717, 1.165) is 12.1 Å². The quantitative estimate of drug-likeness (QED) is 0.842. The Morgan fingerprint density at radius 3 is 2.88 bits per heavy atom. The lowest BCUT2D eigenvalue weighted by molar-refractivity contribution is -0.137. The zero-order valence-electron chi connectivity index (χ0n) is 13.7. The molecule has 1 saturated heterocycles. The third-order valence-corrected chi connectivity index (χ3v) is 3.90. The fourth-order valence-corrected chi connectivity index (χ4v) is 2.70. The summed E-state index contributed by atoms with van der Waals surface area (Å²) in [6.07, 6.45) is -3.42. The van der Waals surface area contributed by atoms with Crippen LogP contribution in [-0.2, 0) is 10.9 Å². The molecule has 0 spiro atoms. The molecule has 5 nitrogen and oxygen atoms in total. The summed E-state index contributed by atoms with van der Waals surface area (Å²) in [6.45, 7) is 3.75. The molecule has 1 fully saturated rings. The van der Waals surface area contributed by atoms with Crippen LogP contribution in [0.25, 0.3) is 0 Å². The number of benzene rings is 1. The Labute approximate surface area is 143 Å². The second-order valence-corrected chi connectivity index (χ2v) is 5.58. The van der Waals surface area contributed by atoms with Gasteiger partial charge in [0.05, 0.1) is 18.8 Å². The molecule has 1 aliphatic heterocycles. The minimum absolute atomic E-state index is 0.398. The number of rotatable bonds is 4. The maximum absolute atomic E-state index is 12.9. The van der Waals surface area contributed by atoms with E-state index in [1.165, 1.54) is 12.4 Å². The molecule has 25 heavy (non-hydrogen) atoms. The van der Waals surface area contributed by atoms with Crippen molar-refractivity contribution in [2.75, 3.05) is 31.2 Å². The minimum Gasteiger partial charge on any atom is -0.478 e. The summed E-state index contributed by atoms with van der Waals surface area (Å²) in [4.78, 5) is 10.2. The summed E-state index contributed by atoms with van der Waals surface area (Å²) >= 11 is 0. The Morgan fingerprint density at radius 2 is 2.12 bits per heavy atom. The Bertz CT molecular complexity index is 724. The number of hydrogen-bond acceptors (Lipinski definition) is 5. The Hall–Kier alpha value is -2.35. The molecule has 0 amide bonds. The highest BCUT2D eigenvalue weighted by Crippen LogP contribution is 2.32. The van der Waals surface area contributed by atoms with Crippen LogP contribution in [0.4, 0.5) is 19.0 Å². The smallest absolute Gasteiger partial charge is 0.416 e. The van der Waals surface area contributed by atoms with Crippen LogP contribution in [0.5, 0.6) is 5.88 Å². The van der Waals surface area contributed by atoms with E-state index in [1.54, 1.807) is 12.1 Å². The molecular weight excluding hydrogens is 335 g/mol. The third-order valence-electron chi connectivity index (χ3n) is 3.90. The molecule has 1 aromatic carbocycles. The summed E-state index contributed by atoms with van der Waals surface area (Å²) < 4.78 is 49.8. The summed E-state index contributed by atoms with van der Waals surface area (Å²) in [7, 11) is 0. The molecule has 0 aliphatic carbocycles. The Kier molecular flexibility index (Phi) is 5.08. The summed E-state index contributed by atoms with van der Waals surface area (Å²) in [5.74, 6) is 1.13. The molecule has 1 aromatic heterocycles. The first-order valence-electron chi connectivity index (χ1n) is 7.96. The first kappa shape index (κ1) is 17.5. The fourth-order valence-electron chi connectivity index (χ4n) is 2.70. The standard InChI is InChI=1S/C17H18F3N3O2/c1-2-24-16-9-15(21-11-22-16)23-6-7-25-14(10-23)12-4-3-5-13(8-12)17(18,19)20/h3-5,8-9,11,14H,2,6-7,10H2,1H3. The monoisotopic (exact) mass is 353 g/mol. The van der Waals surface area contributed by atoms with E-state index < -0.39 is 17.8 Å². The molecule has 8 heteroatoms. The maximum Gasteiger partial charge on any atom is 0.416 e. The van der Waals surface area contributed by atoms with Gasteiger partial charge in [0.25, 0.3) is 0 Å². The zero-order chi connectivity index (χ0) is 17.9. The van der Waals surface area contributed by atoms with Crippen LogP contribution >= 0.6 is 0 Å². The van der Waals surface area contributed by atoms with E-state index >= 15 is 0 Å². The summed E-state index contributed by atoms with van der Waals surface area (Å²) in [5, 5.41) is 0. The molecule has 0 saturated carbocycles. The van der Waals surface area contributed by atoms with Crippen LogP contribution in [0, 0.1) is 0 Å². The SMILES string of the molecule is CCOc1cc(N2CCOC(c3cccc(C(F)(F)F)c3)C2)ncn1. The van der Waals surface area contributed by atoms with Crippen LogP contribution in [-0.4, -0.2) is 36.3 Å². The lowest BCUT2D eigenvalue weighted by atomic mass is 10.0. The van der Waals surface area contributed by atoms with Gasteiger partial charge in [0.1, 0.15) is 18.2 Å². The van der Waals surface area contributed by atoms with E-state index in [4.69, 9.17) is 9.47 Å². The Morgan fingerprint density at radius 1 is 1.28 bits per heavy atom. The van der Waals surface area contributed by atoms with E-state index in [0.29, 0.717) is 43.6 Å². The Balaban J connectivity index is 1.78. The van der Waals surface area contributed by atoms with Gasteiger partial charge in [-0.2, -0.15) is 13.2 Å². The number of morpholine rings is 1. The van der Waals surface area contributed by atoms with Crippen molar-refractivity contribution in [3.63, 3.8) is 0 Å². The van der Waals surface area contributed by atoms with Crippen molar-refractivity contribution in [1.29, 1.82) is 0 Å². The van der Waals surface area contributed by atoms with Crippen molar-refractivity contribution in [1.82, 2.24) is 9.97 Å². The van der Waals surface area contributed by atoms with Gasteiger partial charge < -0.3 is 14.4 Å². The molecular formula is C17H18F3N3O2. The van der Waals surface area contributed by atoms with Crippen LogP contribution in [0.15, 0.2) is 36.7 Å². The number of hydrogen-bond donors (Lipinski definition) is 0. The number of halogens is 3. The van der Waals surface area contributed by atoms with Gasteiger partial charge in [-0.3, -0.25) is 0 Å². The highest BCUT2D eigenvalue weighted by Gasteiger charge is 2.32. The van der Waals surface area contributed by atoms with Crippen molar-refractivity contribution < 1.29 is 22.6 Å². The number of anilines is 1. The average Bonchev–Trinajstić information content (AvgIpc) is 2.62. The molecule has 0 bridgehead atoms. The van der Waals surface area contributed by atoms with Crippen molar-refractivity contribution >= 4 is 5.82 Å². The molecule has 1 aliphatic rings. The van der Waals surface area contributed by atoms with Gasteiger partial charge in [-0.05, 0) is 24.6 Å². The molecule has 0 N–H and O–H groups in total. The number of ether oxygens (including phenoxy) is 2. The molecule has 1 atom stereocenters. The highest BCUT2D eigenvalue weighted by atomic mass is 19.4. The van der Waals surface area contributed by atoms with Crippen LogP contribution < -0.4 is 9.64 Å². The topological polar surface area (TPSA) is 47.5 Å². The second kappa shape index (κ2) is 7.26. The first-order valence-corrected chi connectivity index (χ1v) is 7.96. The number of nitrogens with zero attached hydrogens (tertiary/aromatic N) is 3. The molecule has 1 unspecified atom stereocenters. The van der Waals surface area contributed by atoms with E-state index in [9.17, 15) is 13.2 Å².